The molecule has 0 saturated heterocycles. The van der Waals surface area contributed by atoms with E-state index in [9.17, 15) is 9.59 Å². The maximum absolute atomic E-state index is 11.7. The van der Waals surface area contributed by atoms with Crippen LogP contribution in [0.5, 0.6) is 5.75 Å². The predicted molar refractivity (Wildman–Crippen MR) is 67.8 cm³/mol. The smallest absolute Gasteiger partial charge is 0.260 e. The Hall–Kier alpha value is -2.24. The molecule has 2 amide bonds. The van der Waals surface area contributed by atoms with Crippen LogP contribution in [0.25, 0.3) is 0 Å². The van der Waals surface area contributed by atoms with Crippen LogP contribution in [0, 0.1) is 0 Å². The Morgan fingerprint density at radius 3 is 2.67 bits per heavy atom. The number of nitrogens with zero attached hydrogens (tertiary/aromatic N) is 1. The summed E-state index contributed by atoms with van der Waals surface area (Å²) in [6, 6.07) is 6.78. The van der Waals surface area contributed by atoms with E-state index in [1.807, 2.05) is 0 Å². The molecule has 1 aromatic rings. The molecule has 4 N–H and O–H groups in total. The van der Waals surface area contributed by atoms with Gasteiger partial charge in [-0.15, -0.1) is 0 Å². The lowest BCUT2D eigenvalue weighted by molar-refractivity contribution is -0.136. The standard InChI is InChI=1S/C12H17N3O3/c1-2-15(7-11(14)16)12(17)8-18-10-5-3-4-9(13)6-10/h3-6H,2,7-8,13H2,1H3,(H2,14,16). The van der Waals surface area contributed by atoms with E-state index in [1.54, 1.807) is 31.2 Å². The fourth-order valence-corrected chi connectivity index (χ4v) is 1.41. The van der Waals surface area contributed by atoms with Crippen molar-refractivity contribution in [1.29, 1.82) is 0 Å². The van der Waals surface area contributed by atoms with Crippen molar-refractivity contribution in [3.8, 4) is 5.75 Å². The van der Waals surface area contributed by atoms with Crippen molar-refractivity contribution in [1.82, 2.24) is 4.90 Å². The van der Waals surface area contributed by atoms with Gasteiger partial charge in [0.1, 0.15) is 5.75 Å². The van der Waals surface area contributed by atoms with Gasteiger partial charge in [-0.2, -0.15) is 0 Å². The number of benzene rings is 1. The second kappa shape index (κ2) is 6.48. The number of amides is 2. The number of anilines is 1. The van der Waals surface area contributed by atoms with Crippen LogP contribution in [0.1, 0.15) is 6.92 Å². The van der Waals surface area contributed by atoms with E-state index in [2.05, 4.69) is 0 Å². The van der Waals surface area contributed by atoms with Crippen molar-refractivity contribution in [3.05, 3.63) is 24.3 Å². The maximum atomic E-state index is 11.7. The summed E-state index contributed by atoms with van der Waals surface area (Å²) in [6.07, 6.45) is 0. The summed E-state index contributed by atoms with van der Waals surface area (Å²) in [6.45, 7) is 1.92. The van der Waals surface area contributed by atoms with Crippen molar-refractivity contribution >= 4 is 17.5 Å². The Bertz CT molecular complexity index is 434. The zero-order chi connectivity index (χ0) is 13.5. The molecule has 0 spiro atoms. The third kappa shape index (κ3) is 4.32. The number of primary amides is 1. The van der Waals surface area contributed by atoms with E-state index in [-0.39, 0.29) is 19.1 Å². The quantitative estimate of drug-likeness (QED) is 0.694. The number of nitrogen functional groups attached to an aromatic ring is 1. The number of likely N-dealkylation sites (N-methyl/N-ethyl adjacent to an activating group) is 1. The lowest BCUT2D eigenvalue weighted by atomic mass is 10.3. The number of hydrogen-bond donors (Lipinski definition) is 2. The molecule has 6 heteroatoms. The molecule has 6 nitrogen and oxygen atoms in total. The first-order valence-corrected chi connectivity index (χ1v) is 5.57. The zero-order valence-electron chi connectivity index (χ0n) is 10.3. The predicted octanol–water partition coefficient (Wildman–Crippen LogP) is -0.0186. The second-order valence-corrected chi connectivity index (χ2v) is 3.74. The molecule has 18 heavy (non-hydrogen) atoms. The van der Waals surface area contributed by atoms with Crippen LogP contribution < -0.4 is 16.2 Å². The first-order chi connectivity index (χ1) is 8.52. The zero-order valence-corrected chi connectivity index (χ0v) is 10.3. The van der Waals surface area contributed by atoms with Gasteiger partial charge in [0, 0.05) is 18.3 Å². The average molecular weight is 251 g/mol. The van der Waals surface area contributed by atoms with Gasteiger partial charge < -0.3 is 21.1 Å². The Labute approximate surface area is 105 Å². The van der Waals surface area contributed by atoms with Crippen molar-refractivity contribution in [3.63, 3.8) is 0 Å². The third-order valence-corrected chi connectivity index (χ3v) is 2.30. The molecule has 0 radical (unpaired) electrons. The Kier molecular flexibility index (Phi) is 4.98. The molecule has 0 aliphatic heterocycles. The summed E-state index contributed by atoms with van der Waals surface area (Å²) in [7, 11) is 0. The number of nitrogens with two attached hydrogens (primary N) is 2. The normalized spacial score (nSPS) is 9.83. The highest BCUT2D eigenvalue weighted by Crippen LogP contribution is 2.14. The number of ether oxygens (including phenoxy) is 1. The molecule has 0 aliphatic carbocycles. The van der Waals surface area contributed by atoms with E-state index in [0.29, 0.717) is 18.0 Å². The largest absolute Gasteiger partial charge is 0.484 e. The number of hydrogen-bond acceptors (Lipinski definition) is 4. The van der Waals surface area contributed by atoms with Gasteiger partial charge in [0.15, 0.2) is 6.61 Å². The summed E-state index contributed by atoms with van der Waals surface area (Å²) < 4.78 is 5.29. The Balaban J connectivity index is 2.51. The summed E-state index contributed by atoms with van der Waals surface area (Å²) in [4.78, 5) is 23.8. The van der Waals surface area contributed by atoms with E-state index >= 15 is 0 Å². The third-order valence-electron chi connectivity index (χ3n) is 2.30. The van der Waals surface area contributed by atoms with Crippen LogP contribution in [0.2, 0.25) is 0 Å². The molecule has 0 atom stereocenters. The molecule has 0 bridgehead atoms. The summed E-state index contributed by atoms with van der Waals surface area (Å²) >= 11 is 0. The molecule has 1 aromatic carbocycles. The molecule has 0 aromatic heterocycles. The van der Waals surface area contributed by atoms with Gasteiger partial charge in [-0.1, -0.05) is 6.07 Å². The van der Waals surface area contributed by atoms with Crippen molar-refractivity contribution in [2.75, 3.05) is 25.4 Å². The first-order valence-electron chi connectivity index (χ1n) is 5.57. The fraction of sp³-hybridized carbons (Fsp3) is 0.333. The minimum atomic E-state index is -0.547. The fourth-order valence-electron chi connectivity index (χ4n) is 1.41. The van der Waals surface area contributed by atoms with Crippen LogP contribution >= 0.6 is 0 Å². The highest BCUT2D eigenvalue weighted by atomic mass is 16.5. The van der Waals surface area contributed by atoms with E-state index in [4.69, 9.17) is 16.2 Å². The summed E-state index contributed by atoms with van der Waals surface area (Å²) in [5.41, 5.74) is 11.2. The van der Waals surface area contributed by atoms with Crippen LogP contribution in [-0.4, -0.2) is 36.4 Å². The average Bonchev–Trinajstić information content (AvgIpc) is 2.33. The SMILES string of the molecule is CCN(CC(N)=O)C(=O)COc1cccc(N)c1. The summed E-state index contributed by atoms with van der Waals surface area (Å²) in [5.74, 6) is -0.327. The van der Waals surface area contributed by atoms with Crippen LogP contribution in [-0.2, 0) is 9.59 Å². The highest BCUT2D eigenvalue weighted by Gasteiger charge is 2.14. The van der Waals surface area contributed by atoms with Crippen molar-refractivity contribution in [2.24, 2.45) is 5.73 Å². The molecule has 0 unspecified atom stereocenters. The Morgan fingerprint density at radius 1 is 1.39 bits per heavy atom. The van der Waals surface area contributed by atoms with Crippen LogP contribution in [0.4, 0.5) is 5.69 Å². The minimum Gasteiger partial charge on any atom is -0.484 e. The second-order valence-electron chi connectivity index (χ2n) is 3.74. The number of carbonyl (C=O) groups excluding carboxylic acids is 2. The molecular formula is C12H17N3O3. The summed E-state index contributed by atoms with van der Waals surface area (Å²) in [5, 5.41) is 0. The monoisotopic (exact) mass is 251 g/mol. The van der Waals surface area contributed by atoms with Gasteiger partial charge >= 0.3 is 0 Å². The minimum absolute atomic E-state index is 0.102. The molecular weight excluding hydrogens is 234 g/mol. The maximum Gasteiger partial charge on any atom is 0.260 e. The topological polar surface area (TPSA) is 98.6 Å². The molecule has 0 aliphatic rings. The molecule has 0 fully saturated rings. The van der Waals surface area contributed by atoms with E-state index in [1.165, 1.54) is 4.90 Å². The van der Waals surface area contributed by atoms with Crippen molar-refractivity contribution in [2.45, 2.75) is 6.92 Å². The van der Waals surface area contributed by atoms with E-state index < -0.39 is 5.91 Å². The van der Waals surface area contributed by atoms with Crippen molar-refractivity contribution < 1.29 is 14.3 Å². The number of carbonyl (C=O) groups is 2. The van der Waals surface area contributed by atoms with Crippen LogP contribution in [0.3, 0.4) is 0 Å². The van der Waals surface area contributed by atoms with Gasteiger partial charge in [-0.3, -0.25) is 9.59 Å². The Morgan fingerprint density at radius 2 is 2.11 bits per heavy atom. The van der Waals surface area contributed by atoms with Gasteiger partial charge in [-0.05, 0) is 19.1 Å². The lowest BCUT2D eigenvalue weighted by Gasteiger charge is -2.19. The first kappa shape index (κ1) is 13.8. The van der Waals surface area contributed by atoms with Gasteiger partial charge in [0.2, 0.25) is 5.91 Å². The van der Waals surface area contributed by atoms with Gasteiger partial charge in [0.05, 0.1) is 6.54 Å². The van der Waals surface area contributed by atoms with Gasteiger partial charge in [-0.25, -0.2) is 0 Å². The lowest BCUT2D eigenvalue weighted by Crippen LogP contribution is -2.40. The van der Waals surface area contributed by atoms with Crippen LogP contribution in [0.15, 0.2) is 24.3 Å². The van der Waals surface area contributed by atoms with Gasteiger partial charge in [0.25, 0.3) is 5.91 Å². The molecule has 98 valence electrons. The molecule has 1 rings (SSSR count). The molecule has 0 saturated carbocycles. The van der Waals surface area contributed by atoms with E-state index in [0.717, 1.165) is 0 Å². The molecule has 0 heterocycles. The highest BCUT2D eigenvalue weighted by molar-refractivity contribution is 5.84. The number of rotatable bonds is 6.